The third-order valence-electron chi connectivity index (χ3n) is 2.48. The third-order valence-corrected chi connectivity index (χ3v) is 3.34. The minimum Gasteiger partial charge on any atom is -0.481 e. The molecule has 4 heteroatoms. The summed E-state index contributed by atoms with van der Waals surface area (Å²) in [6, 6.07) is 5.30. The Morgan fingerprint density at radius 2 is 2.12 bits per heavy atom. The molecule has 0 saturated carbocycles. The van der Waals surface area contributed by atoms with E-state index < -0.39 is 5.97 Å². The highest BCUT2D eigenvalue weighted by Gasteiger charge is 2.18. The van der Waals surface area contributed by atoms with E-state index in [9.17, 15) is 4.79 Å². The van der Waals surface area contributed by atoms with E-state index >= 15 is 0 Å². The van der Waals surface area contributed by atoms with Gasteiger partial charge in [-0.15, -0.1) is 0 Å². The molecule has 0 amide bonds. The molecule has 1 aromatic carbocycles. The van der Waals surface area contributed by atoms with Crippen molar-refractivity contribution >= 4 is 29.2 Å². The van der Waals surface area contributed by atoms with Gasteiger partial charge in [0.15, 0.2) is 0 Å². The first-order chi connectivity index (χ1) is 7.56. The zero-order chi connectivity index (χ0) is 12.1. The van der Waals surface area contributed by atoms with Gasteiger partial charge in [0.25, 0.3) is 0 Å². The van der Waals surface area contributed by atoms with Crippen molar-refractivity contribution < 1.29 is 9.90 Å². The van der Waals surface area contributed by atoms with Gasteiger partial charge < -0.3 is 5.11 Å². The summed E-state index contributed by atoms with van der Waals surface area (Å²) >= 11 is 11.9. The summed E-state index contributed by atoms with van der Waals surface area (Å²) in [5.41, 5.74) is 0.801. The van der Waals surface area contributed by atoms with Crippen molar-refractivity contribution in [2.45, 2.75) is 26.2 Å². The van der Waals surface area contributed by atoms with Crippen molar-refractivity contribution in [3.8, 4) is 0 Å². The van der Waals surface area contributed by atoms with Crippen molar-refractivity contribution in [1.29, 1.82) is 0 Å². The lowest BCUT2D eigenvalue weighted by atomic mass is 9.95. The summed E-state index contributed by atoms with van der Waals surface area (Å²) in [5, 5.41) is 9.99. The standard InChI is InChI=1S/C12H14Cl2O2/c1-2-4-9(12(15)16)7-8-5-3-6-10(13)11(8)14/h3,5-6,9H,2,4,7H2,1H3,(H,15,16). The van der Waals surface area contributed by atoms with Crippen LogP contribution in [0.5, 0.6) is 0 Å². The number of benzene rings is 1. The molecule has 1 rings (SSSR count). The first-order valence-corrected chi connectivity index (χ1v) is 5.97. The van der Waals surface area contributed by atoms with E-state index in [-0.39, 0.29) is 5.92 Å². The maximum absolute atomic E-state index is 11.0. The van der Waals surface area contributed by atoms with Crippen molar-refractivity contribution in [3.63, 3.8) is 0 Å². The van der Waals surface area contributed by atoms with Crippen LogP contribution in [0, 0.1) is 5.92 Å². The van der Waals surface area contributed by atoms with Crippen LogP contribution < -0.4 is 0 Å². The lowest BCUT2D eigenvalue weighted by Gasteiger charge is -2.12. The van der Waals surface area contributed by atoms with Gasteiger partial charge in [-0.2, -0.15) is 0 Å². The van der Waals surface area contributed by atoms with Crippen molar-refractivity contribution in [2.24, 2.45) is 5.92 Å². The molecule has 0 radical (unpaired) electrons. The summed E-state index contributed by atoms with van der Waals surface area (Å²) in [7, 11) is 0. The van der Waals surface area contributed by atoms with Crippen LogP contribution in [-0.2, 0) is 11.2 Å². The number of hydrogen-bond acceptors (Lipinski definition) is 1. The van der Waals surface area contributed by atoms with Crippen LogP contribution >= 0.6 is 23.2 Å². The smallest absolute Gasteiger partial charge is 0.306 e. The molecule has 1 unspecified atom stereocenters. The Bertz CT molecular complexity index is 377. The number of rotatable bonds is 5. The number of hydrogen-bond donors (Lipinski definition) is 1. The molecule has 0 aromatic heterocycles. The molecule has 1 aromatic rings. The van der Waals surface area contributed by atoms with E-state index in [1.165, 1.54) is 0 Å². The number of carboxylic acid groups (broad SMARTS) is 1. The summed E-state index contributed by atoms with van der Waals surface area (Å²) in [5.74, 6) is -1.17. The molecular formula is C12H14Cl2O2. The highest BCUT2D eigenvalue weighted by molar-refractivity contribution is 6.42. The zero-order valence-electron chi connectivity index (χ0n) is 9.04. The first kappa shape index (κ1) is 13.3. The Morgan fingerprint density at radius 3 is 2.69 bits per heavy atom. The van der Waals surface area contributed by atoms with Gasteiger partial charge in [-0.1, -0.05) is 48.7 Å². The molecule has 1 N–H and O–H groups in total. The Labute approximate surface area is 105 Å². The van der Waals surface area contributed by atoms with Crippen LogP contribution in [0.25, 0.3) is 0 Å². The molecule has 0 saturated heterocycles. The Hall–Kier alpha value is -0.730. The van der Waals surface area contributed by atoms with E-state index in [0.29, 0.717) is 22.9 Å². The van der Waals surface area contributed by atoms with Crippen LogP contribution in [0.4, 0.5) is 0 Å². The van der Waals surface area contributed by atoms with Gasteiger partial charge in [-0.05, 0) is 24.5 Å². The summed E-state index contributed by atoms with van der Waals surface area (Å²) in [4.78, 5) is 11.0. The summed E-state index contributed by atoms with van der Waals surface area (Å²) in [6.45, 7) is 1.97. The number of halogens is 2. The third kappa shape index (κ3) is 3.39. The second-order valence-corrected chi connectivity index (χ2v) is 4.53. The average Bonchev–Trinajstić information content (AvgIpc) is 2.23. The molecule has 88 valence electrons. The molecule has 0 fully saturated rings. The molecule has 2 nitrogen and oxygen atoms in total. The van der Waals surface area contributed by atoms with E-state index in [0.717, 1.165) is 12.0 Å². The van der Waals surface area contributed by atoms with Gasteiger partial charge in [0.2, 0.25) is 0 Å². The molecule has 0 aliphatic rings. The highest BCUT2D eigenvalue weighted by atomic mass is 35.5. The fourth-order valence-electron chi connectivity index (χ4n) is 1.63. The quantitative estimate of drug-likeness (QED) is 0.868. The maximum atomic E-state index is 11.0. The van der Waals surface area contributed by atoms with Crippen molar-refractivity contribution in [1.82, 2.24) is 0 Å². The van der Waals surface area contributed by atoms with Gasteiger partial charge >= 0.3 is 5.97 Å². The Morgan fingerprint density at radius 1 is 1.44 bits per heavy atom. The summed E-state index contributed by atoms with van der Waals surface area (Å²) in [6.07, 6.45) is 1.93. The number of carboxylic acids is 1. The molecule has 0 bridgehead atoms. The minimum atomic E-state index is -0.780. The molecule has 0 spiro atoms. The zero-order valence-corrected chi connectivity index (χ0v) is 10.6. The normalized spacial score (nSPS) is 12.4. The van der Waals surface area contributed by atoms with Gasteiger partial charge in [0, 0.05) is 0 Å². The largest absolute Gasteiger partial charge is 0.481 e. The van der Waals surface area contributed by atoms with Gasteiger partial charge in [-0.3, -0.25) is 4.79 Å². The lowest BCUT2D eigenvalue weighted by Crippen LogP contribution is -2.16. The molecule has 0 heterocycles. The molecule has 16 heavy (non-hydrogen) atoms. The molecular weight excluding hydrogens is 247 g/mol. The summed E-state index contributed by atoms with van der Waals surface area (Å²) < 4.78 is 0. The van der Waals surface area contributed by atoms with Crippen LogP contribution in [0.2, 0.25) is 10.0 Å². The van der Waals surface area contributed by atoms with Crippen molar-refractivity contribution in [3.05, 3.63) is 33.8 Å². The van der Waals surface area contributed by atoms with E-state index in [2.05, 4.69) is 0 Å². The van der Waals surface area contributed by atoms with Gasteiger partial charge in [0.1, 0.15) is 0 Å². The minimum absolute atomic E-state index is 0.388. The average molecular weight is 261 g/mol. The lowest BCUT2D eigenvalue weighted by molar-refractivity contribution is -0.141. The van der Waals surface area contributed by atoms with Crippen LogP contribution in [0.1, 0.15) is 25.3 Å². The number of carbonyl (C=O) groups is 1. The second-order valence-electron chi connectivity index (χ2n) is 3.74. The topological polar surface area (TPSA) is 37.3 Å². The monoisotopic (exact) mass is 260 g/mol. The Kier molecular flexibility index (Phi) is 5.10. The first-order valence-electron chi connectivity index (χ1n) is 5.22. The SMILES string of the molecule is CCCC(Cc1cccc(Cl)c1Cl)C(=O)O. The van der Waals surface area contributed by atoms with Gasteiger partial charge in [0.05, 0.1) is 16.0 Å². The molecule has 1 atom stereocenters. The van der Waals surface area contributed by atoms with Crippen LogP contribution in [0.15, 0.2) is 18.2 Å². The predicted octanol–water partition coefficient (Wildman–Crippen LogP) is 4.04. The van der Waals surface area contributed by atoms with Crippen molar-refractivity contribution in [2.75, 3.05) is 0 Å². The predicted molar refractivity (Wildman–Crippen MR) is 66.2 cm³/mol. The number of aliphatic carboxylic acids is 1. The van der Waals surface area contributed by atoms with E-state index in [4.69, 9.17) is 28.3 Å². The Balaban J connectivity index is 2.85. The highest BCUT2D eigenvalue weighted by Crippen LogP contribution is 2.28. The fourth-order valence-corrected chi connectivity index (χ4v) is 2.03. The second kappa shape index (κ2) is 6.12. The van der Waals surface area contributed by atoms with E-state index in [1.807, 2.05) is 13.0 Å². The molecule has 0 aliphatic carbocycles. The van der Waals surface area contributed by atoms with Crippen LogP contribution in [-0.4, -0.2) is 11.1 Å². The fraction of sp³-hybridized carbons (Fsp3) is 0.417. The van der Waals surface area contributed by atoms with Gasteiger partial charge in [-0.25, -0.2) is 0 Å². The molecule has 0 aliphatic heterocycles. The van der Waals surface area contributed by atoms with Crippen LogP contribution in [0.3, 0.4) is 0 Å². The maximum Gasteiger partial charge on any atom is 0.306 e. The van der Waals surface area contributed by atoms with E-state index in [1.54, 1.807) is 12.1 Å².